The number of rotatable bonds is 14. The predicted octanol–water partition coefficient (Wildman–Crippen LogP) is 5.71. The van der Waals surface area contributed by atoms with Crippen LogP contribution in [0.4, 0.5) is 5.69 Å². The van der Waals surface area contributed by atoms with Crippen LogP contribution in [0.15, 0.2) is 114 Å². The molecule has 0 fully saturated rings. The van der Waals surface area contributed by atoms with Crippen LogP contribution in [0.25, 0.3) is 0 Å². The number of sulfonamides is 1. The molecule has 1 N–H and O–H groups in total. The van der Waals surface area contributed by atoms with Gasteiger partial charge in [0.05, 0.1) is 22.7 Å². The number of ether oxygens (including phenoxy) is 1. The van der Waals surface area contributed by atoms with E-state index in [-0.39, 0.29) is 34.5 Å². The Morgan fingerprint density at radius 3 is 2.16 bits per heavy atom. The van der Waals surface area contributed by atoms with Crippen molar-refractivity contribution in [2.24, 2.45) is 0 Å². The van der Waals surface area contributed by atoms with Gasteiger partial charge in [0.1, 0.15) is 18.3 Å². The van der Waals surface area contributed by atoms with Crippen molar-refractivity contribution in [3.63, 3.8) is 0 Å². The maximum Gasteiger partial charge on any atom is 0.264 e. The first-order chi connectivity index (χ1) is 21.2. The van der Waals surface area contributed by atoms with Gasteiger partial charge in [-0.3, -0.25) is 13.9 Å². The van der Waals surface area contributed by atoms with Crippen LogP contribution < -0.4 is 14.4 Å². The maximum atomic E-state index is 14.5. The van der Waals surface area contributed by atoms with Crippen molar-refractivity contribution in [1.29, 1.82) is 0 Å². The first kappa shape index (κ1) is 32.6. The van der Waals surface area contributed by atoms with Crippen molar-refractivity contribution in [2.75, 3.05) is 24.5 Å². The third kappa shape index (κ3) is 8.18. The van der Waals surface area contributed by atoms with E-state index in [1.807, 2.05) is 43.3 Å². The van der Waals surface area contributed by atoms with E-state index >= 15 is 0 Å². The number of nitrogens with one attached hydrogen (secondary N) is 1. The fourth-order valence-electron chi connectivity index (χ4n) is 4.77. The number of methoxy groups -OCH3 is 1. The Hall–Kier alpha value is -4.34. The second-order valence-electron chi connectivity index (χ2n) is 10.1. The molecule has 4 aromatic rings. The molecule has 1 atom stereocenters. The van der Waals surface area contributed by atoms with Crippen molar-refractivity contribution >= 4 is 39.1 Å². The summed E-state index contributed by atoms with van der Waals surface area (Å²) < 4.78 is 34.5. The summed E-state index contributed by atoms with van der Waals surface area (Å²) in [4.78, 5) is 29.6. The normalized spacial score (nSPS) is 11.8. The van der Waals surface area contributed by atoms with E-state index in [4.69, 9.17) is 16.3 Å². The minimum absolute atomic E-state index is 0.00795. The number of hydrogen-bond donors (Lipinski definition) is 1. The zero-order chi connectivity index (χ0) is 31.5. The Balaban J connectivity index is 1.81. The molecule has 230 valence electrons. The fraction of sp³-hybridized carbons (Fsp3) is 0.235. The Bertz CT molecular complexity index is 1650. The smallest absolute Gasteiger partial charge is 0.264 e. The van der Waals surface area contributed by atoms with Crippen LogP contribution in [-0.4, -0.2) is 51.4 Å². The Morgan fingerprint density at radius 1 is 0.864 bits per heavy atom. The molecule has 10 heteroatoms. The fourth-order valence-corrected chi connectivity index (χ4v) is 6.52. The lowest BCUT2D eigenvalue weighted by Crippen LogP contribution is -2.53. The van der Waals surface area contributed by atoms with E-state index in [0.29, 0.717) is 24.3 Å². The Kier molecular flexibility index (Phi) is 11.4. The van der Waals surface area contributed by atoms with Crippen molar-refractivity contribution in [1.82, 2.24) is 10.2 Å². The minimum atomic E-state index is -4.23. The van der Waals surface area contributed by atoms with Crippen LogP contribution in [0.3, 0.4) is 0 Å². The van der Waals surface area contributed by atoms with Gasteiger partial charge in [-0.2, -0.15) is 0 Å². The third-order valence-corrected chi connectivity index (χ3v) is 9.13. The van der Waals surface area contributed by atoms with Crippen LogP contribution in [0, 0.1) is 0 Å². The average molecular weight is 634 g/mol. The molecule has 0 saturated heterocycles. The number of hydrogen-bond acceptors (Lipinski definition) is 5. The van der Waals surface area contributed by atoms with E-state index in [0.717, 1.165) is 9.87 Å². The van der Waals surface area contributed by atoms with Crippen molar-refractivity contribution in [3.8, 4) is 5.75 Å². The lowest BCUT2D eigenvalue weighted by Gasteiger charge is -2.34. The molecule has 1 unspecified atom stereocenters. The number of halogens is 1. The highest BCUT2D eigenvalue weighted by molar-refractivity contribution is 7.92. The van der Waals surface area contributed by atoms with Crippen LogP contribution in [0.1, 0.15) is 24.5 Å². The predicted molar refractivity (Wildman–Crippen MR) is 173 cm³/mol. The van der Waals surface area contributed by atoms with Gasteiger partial charge in [0, 0.05) is 19.5 Å². The van der Waals surface area contributed by atoms with Gasteiger partial charge in [-0.25, -0.2) is 8.42 Å². The number of nitrogens with zero attached hydrogens (tertiary/aromatic N) is 2. The molecule has 0 radical (unpaired) electrons. The summed E-state index contributed by atoms with van der Waals surface area (Å²) in [6.45, 7) is 1.83. The molecule has 8 nitrogen and oxygen atoms in total. The van der Waals surface area contributed by atoms with Gasteiger partial charge < -0.3 is 15.0 Å². The number of para-hydroxylation sites is 1. The highest BCUT2D eigenvalue weighted by Crippen LogP contribution is 2.31. The lowest BCUT2D eigenvalue weighted by atomic mass is 10.0. The van der Waals surface area contributed by atoms with E-state index in [1.54, 1.807) is 67.8 Å². The topological polar surface area (TPSA) is 96.0 Å². The maximum absolute atomic E-state index is 14.5. The summed E-state index contributed by atoms with van der Waals surface area (Å²) in [5.74, 6) is -0.309. The van der Waals surface area contributed by atoms with Crippen molar-refractivity contribution in [3.05, 3.63) is 125 Å². The molecule has 44 heavy (non-hydrogen) atoms. The highest BCUT2D eigenvalue weighted by atomic mass is 35.5. The monoisotopic (exact) mass is 633 g/mol. The molecule has 4 rings (SSSR count). The standard InChI is InChI=1S/C34H36ClN3O5S/c1-3-21-36-34(40)32(23-26-13-6-4-7-14-26)37(24-27-15-12-16-28(22-27)43-2)33(39)25-38(31-20-11-10-19-30(31)35)44(41,42)29-17-8-5-9-18-29/h4-20,22,32H,3,21,23-25H2,1-2H3,(H,36,40). The molecule has 0 aliphatic carbocycles. The summed E-state index contributed by atoms with van der Waals surface area (Å²) in [6.07, 6.45) is 0.937. The van der Waals surface area contributed by atoms with Gasteiger partial charge in [-0.15, -0.1) is 0 Å². The van der Waals surface area contributed by atoms with Crippen LogP contribution in [-0.2, 0) is 32.6 Å². The molecule has 0 aliphatic heterocycles. The number of benzene rings is 4. The molecular weight excluding hydrogens is 598 g/mol. The average Bonchev–Trinajstić information content (AvgIpc) is 3.05. The number of carbonyl (C=O) groups is 2. The van der Waals surface area contributed by atoms with Crippen LogP contribution in [0.5, 0.6) is 5.75 Å². The highest BCUT2D eigenvalue weighted by Gasteiger charge is 2.35. The molecule has 0 saturated carbocycles. The molecule has 2 amide bonds. The summed E-state index contributed by atoms with van der Waals surface area (Å²) in [6, 6.07) is 30.0. The van der Waals surface area contributed by atoms with Gasteiger partial charge in [-0.1, -0.05) is 91.3 Å². The largest absolute Gasteiger partial charge is 0.497 e. The molecule has 0 spiro atoms. The second kappa shape index (κ2) is 15.4. The van der Waals surface area contributed by atoms with E-state index in [2.05, 4.69) is 5.32 Å². The van der Waals surface area contributed by atoms with Gasteiger partial charge in [-0.05, 0) is 53.9 Å². The molecule has 0 heterocycles. The van der Waals surface area contributed by atoms with Gasteiger partial charge >= 0.3 is 0 Å². The van der Waals surface area contributed by atoms with Crippen LogP contribution in [0.2, 0.25) is 5.02 Å². The first-order valence-electron chi connectivity index (χ1n) is 14.3. The zero-order valence-corrected chi connectivity index (χ0v) is 26.3. The van der Waals surface area contributed by atoms with Crippen LogP contribution >= 0.6 is 11.6 Å². The summed E-state index contributed by atoms with van der Waals surface area (Å²) in [5.41, 5.74) is 1.73. The van der Waals surface area contributed by atoms with Gasteiger partial charge in [0.25, 0.3) is 10.0 Å². The summed E-state index contributed by atoms with van der Waals surface area (Å²) in [7, 11) is -2.68. The third-order valence-electron chi connectivity index (χ3n) is 7.04. The van der Waals surface area contributed by atoms with Gasteiger partial charge in [0.2, 0.25) is 11.8 Å². The number of amides is 2. The number of carbonyl (C=O) groups excluding carboxylic acids is 2. The molecule has 0 bridgehead atoms. The number of anilines is 1. The van der Waals surface area contributed by atoms with Crippen molar-refractivity contribution in [2.45, 2.75) is 37.2 Å². The van der Waals surface area contributed by atoms with E-state index in [1.165, 1.54) is 17.0 Å². The Labute approximate surface area is 264 Å². The quantitative estimate of drug-likeness (QED) is 0.192. The zero-order valence-electron chi connectivity index (χ0n) is 24.7. The molecule has 4 aromatic carbocycles. The second-order valence-corrected chi connectivity index (χ2v) is 12.4. The van der Waals surface area contributed by atoms with E-state index in [9.17, 15) is 18.0 Å². The van der Waals surface area contributed by atoms with Crippen molar-refractivity contribution < 1.29 is 22.7 Å². The Morgan fingerprint density at radius 2 is 1.50 bits per heavy atom. The summed E-state index contributed by atoms with van der Waals surface area (Å²) >= 11 is 6.51. The SMILES string of the molecule is CCCNC(=O)C(Cc1ccccc1)N(Cc1cccc(OC)c1)C(=O)CN(c1ccccc1Cl)S(=O)(=O)c1ccccc1. The lowest BCUT2D eigenvalue weighted by molar-refractivity contribution is -0.140. The summed E-state index contributed by atoms with van der Waals surface area (Å²) in [5, 5.41) is 3.10. The van der Waals surface area contributed by atoms with E-state index < -0.39 is 28.5 Å². The first-order valence-corrected chi connectivity index (χ1v) is 16.1. The van der Waals surface area contributed by atoms with Gasteiger partial charge in [0.15, 0.2) is 0 Å². The molecule has 0 aliphatic rings. The minimum Gasteiger partial charge on any atom is -0.497 e. The molecule has 0 aromatic heterocycles. The molecular formula is C34H36ClN3O5S.